The highest BCUT2D eigenvalue weighted by Gasteiger charge is 2.51. The minimum Gasteiger partial charge on any atom is -0.347 e. The van der Waals surface area contributed by atoms with Crippen molar-refractivity contribution >= 4 is 35.3 Å². The first kappa shape index (κ1) is 35.0. The van der Waals surface area contributed by atoms with E-state index >= 15 is 0 Å². The molecule has 4 rings (SSSR count). The van der Waals surface area contributed by atoms with Crippen molar-refractivity contribution in [3.05, 3.63) is 24.3 Å². The van der Waals surface area contributed by atoms with Gasteiger partial charge in [-0.1, -0.05) is 47.5 Å². The maximum Gasteiger partial charge on any atom is 0.289 e. The molecule has 4 N–H and O–H groups in total. The van der Waals surface area contributed by atoms with Crippen LogP contribution in [-0.4, -0.2) is 86.9 Å². The number of fused-ring (bicyclic) bond motifs is 1. The zero-order valence-electron chi connectivity index (χ0n) is 27.6. The summed E-state index contributed by atoms with van der Waals surface area (Å²) in [5.41, 5.74) is 0.0651. The predicted molar refractivity (Wildman–Crippen MR) is 169 cm³/mol. The number of carbonyl (C=O) groups is 6. The molecule has 2 aliphatic carbocycles. The van der Waals surface area contributed by atoms with Crippen LogP contribution in [0.1, 0.15) is 96.5 Å². The molecule has 1 aromatic rings. The lowest BCUT2D eigenvalue weighted by molar-refractivity contribution is -0.145. The SMILES string of the molecule is CCCC(NC(=O)C1[C@H]2CCC[C@H]2CN1C(=O)C(NC(=O)[C@H](NC(=O)c1cnccn1)C(C)C)C(C)C)C(=O)C(=O)NC1CCC1. The van der Waals surface area contributed by atoms with Crippen LogP contribution in [0.2, 0.25) is 0 Å². The lowest BCUT2D eigenvalue weighted by Crippen LogP contribution is -2.60. The van der Waals surface area contributed by atoms with Gasteiger partial charge in [-0.3, -0.25) is 33.8 Å². The molecule has 1 saturated heterocycles. The van der Waals surface area contributed by atoms with Crippen molar-refractivity contribution in [3.8, 4) is 0 Å². The molecule has 3 fully saturated rings. The molecule has 0 bridgehead atoms. The highest BCUT2D eigenvalue weighted by Crippen LogP contribution is 2.42. The van der Waals surface area contributed by atoms with Crippen molar-refractivity contribution in [2.45, 2.75) is 116 Å². The smallest absolute Gasteiger partial charge is 0.289 e. The number of rotatable bonds is 14. The number of Topliss-reactive ketones (excluding diaryl/α,β-unsaturated/α-hetero) is 1. The third kappa shape index (κ3) is 8.08. The third-order valence-electron chi connectivity index (χ3n) is 9.58. The summed E-state index contributed by atoms with van der Waals surface area (Å²) in [6.45, 7) is 9.45. The summed E-state index contributed by atoms with van der Waals surface area (Å²) in [4.78, 5) is 89.8. The number of amides is 5. The number of nitrogens with zero attached hydrogens (tertiary/aromatic N) is 3. The molecule has 6 atom stereocenters. The molecule has 1 aliphatic heterocycles. The molecule has 1 aromatic heterocycles. The molecule has 2 heterocycles. The zero-order valence-corrected chi connectivity index (χ0v) is 27.6. The Morgan fingerprint density at radius 3 is 2.17 bits per heavy atom. The van der Waals surface area contributed by atoms with E-state index in [-0.39, 0.29) is 41.3 Å². The summed E-state index contributed by atoms with van der Waals surface area (Å²) >= 11 is 0. The summed E-state index contributed by atoms with van der Waals surface area (Å²) in [5, 5.41) is 11.2. The number of likely N-dealkylation sites (tertiary alicyclic amines) is 1. The van der Waals surface area contributed by atoms with Crippen molar-refractivity contribution < 1.29 is 28.8 Å². The van der Waals surface area contributed by atoms with Crippen LogP contribution < -0.4 is 21.3 Å². The van der Waals surface area contributed by atoms with Gasteiger partial charge in [0.15, 0.2) is 0 Å². The van der Waals surface area contributed by atoms with E-state index < -0.39 is 53.6 Å². The lowest BCUT2D eigenvalue weighted by atomic mass is 9.92. The van der Waals surface area contributed by atoms with Crippen LogP contribution in [0.25, 0.3) is 0 Å². The largest absolute Gasteiger partial charge is 0.347 e. The Morgan fingerprint density at radius 1 is 0.891 bits per heavy atom. The molecule has 0 spiro atoms. The second-order valence-electron chi connectivity index (χ2n) is 13.6. The average Bonchev–Trinajstić information content (AvgIpc) is 3.61. The number of aromatic nitrogens is 2. The number of nitrogens with one attached hydrogen (secondary N) is 4. The molecule has 0 aromatic carbocycles. The minimum atomic E-state index is -0.986. The van der Waals surface area contributed by atoms with Gasteiger partial charge in [0.1, 0.15) is 23.8 Å². The van der Waals surface area contributed by atoms with Crippen LogP contribution in [0.15, 0.2) is 18.6 Å². The Labute approximate surface area is 270 Å². The Kier molecular flexibility index (Phi) is 11.9. The summed E-state index contributed by atoms with van der Waals surface area (Å²) in [6, 6.07) is -3.72. The van der Waals surface area contributed by atoms with Crippen LogP contribution in [0.3, 0.4) is 0 Å². The summed E-state index contributed by atoms with van der Waals surface area (Å²) in [6.07, 6.45) is 10.3. The molecular formula is C33H49N7O6. The fourth-order valence-electron chi connectivity index (χ4n) is 6.75. The Balaban J connectivity index is 1.49. The average molecular weight is 640 g/mol. The van der Waals surface area contributed by atoms with E-state index in [0.717, 1.165) is 38.5 Å². The molecule has 2 saturated carbocycles. The number of carbonyl (C=O) groups excluding carboxylic acids is 6. The lowest BCUT2D eigenvalue weighted by Gasteiger charge is -2.34. The van der Waals surface area contributed by atoms with Crippen LogP contribution in [0.5, 0.6) is 0 Å². The molecule has 13 nitrogen and oxygen atoms in total. The van der Waals surface area contributed by atoms with Gasteiger partial charge in [-0.05, 0) is 62.2 Å². The van der Waals surface area contributed by atoms with Gasteiger partial charge in [0, 0.05) is 25.0 Å². The van der Waals surface area contributed by atoms with Gasteiger partial charge >= 0.3 is 0 Å². The van der Waals surface area contributed by atoms with Crippen molar-refractivity contribution in [2.24, 2.45) is 23.7 Å². The van der Waals surface area contributed by atoms with Gasteiger partial charge in [0.05, 0.1) is 12.2 Å². The van der Waals surface area contributed by atoms with Crippen molar-refractivity contribution in [3.63, 3.8) is 0 Å². The first-order valence-corrected chi connectivity index (χ1v) is 16.8. The fraction of sp³-hybridized carbons (Fsp3) is 0.697. The monoisotopic (exact) mass is 639 g/mol. The fourth-order valence-corrected chi connectivity index (χ4v) is 6.75. The maximum absolute atomic E-state index is 14.2. The van der Waals surface area contributed by atoms with Gasteiger partial charge in [-0.2, -0.15) is 0 Å². The summed E-state index contributed by atoms with van der Waals surface area (Å²) in [7, 11) is 0. The van der Waals surface area contributed by atoms with Crippen LogP contribution in [-0.2, 0) is 24.0 Å². The van der Waals surface area contributed by atoms with Crippen LogP contribution in [0, 0.1) is 23.7 Å². The highest BCUT2D eigenvalue weighted by molar-refractivity contribution is 6.38. The van der Waals surface area contributed by atoms with Crippen molar-refractivity contribution in [1.29, 1.82) is 0 Å². The van der Waals surface area contributed by atoms with E-state index in [1.165, 1.54) is 18.6 Å². The van der Waals surface area contributed by atoms with Gasteiger partial charge < -0.3 is 26.2 Å². The first-order chi connectivity index (χ1) is 21.9. The molecule has 5 amide bonds. The van der Waals surface area contributed by atoms with Gasteiger partial charge in [0.2, 0.25) is 23.5 Å². The number of hydrogen-bond donors (Lipinski definition) is 4. The maximum atomic E-state index is 14.2. The van der Waals surface area contributed by atoms with E-state index in [9.17, 15) is 28.8 Å². The standard InChI is InChI=1S/C33H49N7O6/c1-6-9-23(28(41)32(45)36-21-11-8-12-21)37-31(44)27-22-13-7-10-20(22)17-40(27)33(46)26(19(4)5)39-30(43)25(18(2)3)38-29(42)24-16-34-14-15-35-24/h14-16,18-23,25-27H,6-13,17H2,1-5H3,(H,36,45)(H,37,44)(H,38,42)(H,39,43)/t20-,22-,23?,25+,26?,27?/m0/s1. The molecule has 252 valence electrons. The highest BCUT2D eigenvalue weighted by atomic mass is 16.2. The molecule has 3 unspecified atom stereocenters. The first-order valence-electron chi connectivity index (χ1n) is 16.8. The summed E-state index contributed by atoms with van der Waals surface area (Å²) in [5.74, 6) is -3.86. The zero-order chi connectivity index (χ0) is 33.5. The molecule has 46 heavy (non-hydrogen) atoms. The second-order valence-corrected chi connectivity index (χ2v) is 13.6. The molecule has 13 heteroatoms. The van der Waals surface area contributed by atoms with Gasteiger partial charge in [-0.25, -0.2) is 4.98 Å². The Hall–Kier alpha value is -3.90. The van der Waals surface area contributed by atoms with E-state index in [2.05, 4.69) is 31.2 Å². The Morgan fingerprint density at radius 2 is 1.59 bits per heavy atom. The van der Waals surface area contributed by atoms with E-state index in [1.807, 2.05) is 20.8 Å². The van der Waals surface area contributed by atoms with Crippen LogP contribution in [0.4, 0.5) is 0 Å². The van der Waals surface area contributed by atoms with Gasteiger partial charge in [0.25, 0.3) is 11.8 Å². The molecule has 3 aliphatic rings. The number of hydrogen-bond acceptors (Lipinski definition) is 8. The molecular weight excluding hydrogens is 590 g/mol. The quantitative estimate of drug-likeness (QED) is 0.221. The van der Waals surface area contributed by atoms with Crippen molar-refractivity contribution in [1.82, 2.24) is 36.1 Å². The summed E-state index contributed by atoms with van der Waals surface area (Å²) < 4.78 is 0. The van der Waals surface area contributed by atoms with Crippen molar-refractivity contribution in [2.75, 3.05) is 6.54 Å². The second kappa shape index (κ2) is 15.6. The normalized spacial score (nSPS) is 22.8. The van der Waals surface area contributed by atoms with E-state index in [4.69, 9.17) is 0 Å². The minimum absolute atomic E-state index is 0.00424. The van der Waals surface area contributed by atoms with E-state index in [0.29, 0.717) is 19.4 Å². The van der Waals surface area contributed by atoms with Crippen LogP contribution >= 0.6 is 0 Å². The molecule has 0 radical (unpaired) electrons. The third-order valence-corrected chi connectivity index (χ3v) is 9.58. The predicted octanol–water partition coefficient (Wildman–Crippen LogP) is 1.52. The topological polar surface area (TPSA) is 180 Å². The number of ketones is 1. The Bertz CT molecular complexity index is 1280. The van der Waals surface area contributed by atoms with Gasteiger partial charge in [-0.15, -0.1) is 0 Å². The van der Waals surface area contributed by atoms with E-state index in [1.54, 1.807) is 18.7 Å².